The second-order valence-electron chi connectivity index (χ2n) is 17.7. The average molecular weight is 865 g/mol. The molecule has 0 amide bonds. The molecule has 0 spiro atoms. The van der Waals surface area contributed by atoms with Crippen LogP contribution in [0, 0.1) is 0 Å². The lowest BCUT2D eigenvalue weighted by atomic mass is 9.96. The summed E-state index contributed by atoms with van der Waals surface area (Å²) in [6.45, 7) is 0. The minimum Gasteiger partial charge on any atom is -0.310 e. The van der Waals surface area contributed by atoms with Crippen molar-refractivity contribution in [3.05, 3.63) is 267 Å². The number of benzene rings is 12. The van der Waals surface area contributed by atoms with Crippen molar-refractivity contribution in [1.29, 1.82) is 0 Å². The van der Waals surface area contributed by atoms with Gasteiger partial charge in [-0.25, -0.2) is 0 Å². The van der Waals surface area contributed by atoms with E-state index in [1.165, 1.54) is 93.1 Å². The molecule has 0 bridgehead atoms. The summed E-state index contributed by atoms with van der Waals surface area (Å²) >= 11 is 0. The summed E-state index contributed by atoms with van der Waals surface area (Å²) in [5.74, 6) is 0. The summed E-state index contributed by atoms with van der Waals surface area (Å²) < 4.78 is 2.42. The minimum atomic E-state index is 1.08. The molecule has 1 aromatic heterocycles. The van der Waals surface area contributed by atoms with E-state index in [1.807, 2.05) is 0 Å². The third kappa shape index (κ3) is 6.82. The van der Waals surface area contributed by atoms with Gasteiger partial charge in [-0.3, -0.25) is 0 Å². The zero-order chi connectivity index (χ0) is 45.0. The van der Waals surface area contributed by atoms with E-state index in [1.54, 1.807) is 0 Å². The van der Waals surface area contributed by atoms with Crippen LogP contribution in [0.2, 0.25) is 0 Å². The first-order chi connectivity index (χ1) is 33.7. The maximum absolute atomic E-state index is 2.42. The highest BCUT2D eigenvalue weighted by Crippen LogP contribution is 2.44. The molecular weight excluding hydrogens is 821 g/mol. The molecule has 0 saturated carbocycles. The summed E-state index contributed by atoms with van der Waals surface area (Å²) in [6, 6.07) is 97.4. The molecule has 1 heterocycles. The number of nitrogens with zero attached hydrogens (tertiary/aromatic N) is 2. The van der Waals surface area contributed by atoms with E-state index in [4.69, 9.17) is 0 Å². The summed E-state index contributed by atoms with van der Waals surface area (Å²) in [6.07, 6.45) is 0. The SMILES string of the molecule is c1ccc(-c2ccc(-c3ccc(N(c4ccc(-c5ccc6c(ccc7ccccc76)c5)cc4)c4cccc(-c5cccc6c5c5c7ccccc7ccc5n6-c5ccccc5)c4)cc3)cc2)cc1. The van der Waals surface area contributed by atoms with Crippen LogP contribution in [0.25, 0.3) is 104 Å². The van der Waals surface area contributed by atoms with Crippen molar-refractivity contribution in [3.8, 4) is 50.2 Å². The zero-order valence-corrected chi connectivity index (χ0v) is 37.3. The summed E-state index contributed by atoms with van der Waals surface area (Å²) in [5.41, 5.74) is 16.3. The van der Waals surface area contributed by atoms with E-state index in [9.17, 15) is 0 Å². The maximum atomic E-state index is 2.42. The van der Waals surface area contributed by atoms with Crippen molar-refractivity contribution in [2.24, 2.45) is 0 Å². The summed E-state index contributed by atoms with van der Waals surface area (Å²) in [4.78, 5) is 2.39. The fourth-order valence-corrected chi connectivity index (χ4v) is 10.5. The van der Waals surface area contributed by atoms with Crippen LogP contribution in [0.15, 0.2) is 267 Å². The minimum absolute atomic E-state index is 1.08. The van der Waals surface area contributed by atoms with Gasteiger partial charge in [0.05, 0.1) is 11.0 Å². The maximum Gasteiger partial charge on any atom is 0.0547 e. The second kappa shape index (κ2) is 16.5. The Labute approximate surface area is 395 Å². The zero-order valence-electron chi connectivity index (χ0n) is 37.3. The van der Waals surface area contributed by atoms with Crippen molar-refractivity contribution in [1.82, 2.24) is 4.57 Å². The van der Waals surface area contributed by atoms with Gasteiger partial charge in [0.25, 0.3) is 0 Å². The highest BCUT2D eigenvalue weighted by atomic mass is 15.1. The average Bonchev–Trinajstić information content (AvgIpc) is 3.77. The summed E-state index contributed by atoms with van der Waals surface area (Å²) in [5, 5.41) is 10.1. The Bertz CT molecular complexity index is 3980. The smallest absolute Gasteiger partial charge is 0.0547 e. The lowest BCUT2D eigenvalue weighted by molar-refractivity contribution is 1.18. The molecule has 0 aliphatic rings. The summed E-state index contributed by atoms with van der Waals surface area (Å²) in [7, 11) is 0. The molecule has 68 heavy (non-hydrogen) atoms. The van der Waals surface area contributed by atoms with Crippen LogP contribution in [-0.2, 0) is 0 Å². The number of para-hydroxylation sites is 1. The van der Waals surface area contributed by atoms with E-state index in [-0.39, 0.29) is 0 Å². The molecule has 0 fully saturated rings. The van der Waals surface area contributed by atoms with E-state index >= 15 is 0 Å². The third-order valence-electron chi connectivity index (χ3n) is 13.8. The largest absolute Gasteiger partial charge is 0.310 e. The Morgan fingerprint density at radius 2 is 0.735 bits per heavy atom. The van der Waals surface area contributed by atoms with Gasteiger partial charge in [0.1, 0.15) is 0 Å². The fraction of sp³-hybridized carbons (Fsp3) is 0. The lowest BCUT2D eigenvalue weighted by Gasteiger charge is -2.26. The molecule has 0 unspecified atom stereocenters. The fourth-order valence-electron chi connectivity index (χ4n) is 10.5. The second-order valence-corrected chi connectivity index (χ2v) is 17.7. The van der Waals surface area contributed by atoms with E-state index in [0.29, 0.717) is 0 Å². The lowest BCUT2D eigenvalue weighted by Crippen LogP contribution is -2.10. The predicted octanol–water partition coefficient (Wildman–Crippen LogP) is 18.4. The molecule has 0 aliphatic carbocycles. The van der Waals surface area contributed by atoms with Crippen LogP contribution in [0.1, 0.15) is 0 Å². The quantitative estimate of drug-likeness (QED) is 0.138. The van der Waals surface area contributed by atoms with Crippen LogP contribution in [-0.4, -0.2) is 4.57 Å². The predicted molar refractivity (Wildman–Crippen MR) is 290 cm³/mol. The Morgan fingerprint density at radius 3 is 1.44 bits per heavy atom. The standard InChI is InChI=1S/C66H44N2/c1-3-13-45(14-4-1)46-25-27-47(28-26-46)48-31-37-56(38-32-48)67(57-39-33-49(34-40-57)52-35-41-60-54(43-52)30-29-50-15-7-9-21-59(50)60)58-20-11-17-53(44-58)62-23-12-24-63-66(62)65-61-22-10-8-16-51(61)36-42-64(65)68(63)55-18-5-2-6-19-55/h1-44H. The molecule has 13 rings (SSSR count). The molecule has 2 heteroatoms. The van der Waals surface area contributed by atoms with Crippen molar-refractivity contribution in [3.63, 3.8) is 0 Å². The van der Waals surface area contributed by atoms with Gasteiger partial charge in [-0.05, 0) is 144 Å². The van der Waals surface area contributed by atoms with Gasteiger partial charge < -0.3 is 9.47 Å². The molecule has 2 nitrogen and oxygen atoms in total. The van der Waals surface area contributed by atoms with Crippen molar-refractivity contribution < 1.29 is 0 Å². The topological polar surface area (TPSA) is 8.17 Å². The Balaban J connectivity index is 0.937. The van der Waals surface area contributed by atoms with E-state index in [2.05, 4.69) is 276 Å². The van der Waals surface area contributed by atoms with Crippen LogP contribution >= 0.6 is 0 Å². The van der Waals surface area contributed by atoms with Gasteiger partial charge in [0.15, 0.2) is 0 Å². The molecule has 13 aromatic rings. The van der Waals surface area contributed by atoms with Crippen LogP contribution < -0.4 is 4.90 Å². The number of hydrogen-bond acceptors (Lipinski definition) is 1. The number of rotatable bonds is 8. The van der Waals surface area contributed by atoms with Crippen LogP contribution in [0.4, 0.5) is 17.1 Å². The van der Waals surface area contributed by atoms with Crippen LogP contribution in [0.3, 0.4) is 0 Å². The van der Waals surface area contributed by atoms with E-state index < -0.39 is 0 Å². The third-order valence-corrected chi connectivity index (χ3v) is 13.8. The molecule has 12 aromatic carbocycles. The molecular formula is C66H44N2. The van der Waals surface area contributed by atoms with Crippen molar-refractivity contribution >= 4 is 71.2 Å². The number of aromatic nitrogens is 1. The Kier molecular flexibility index (Phi) is 9.54. The van der Waals surface area contributed by atoms with Crippen LogP contribution in [0.5, 0.6) is 0 Å². The number of hydrogen-bond donors (Lipinski definition) is 0. The highest BCUT2D eigenvalue weighted by Gasteiger charge is 2.20. The first-order valence-corrected chi connectivity index (χ1v) is 23.4. The molecule has 0 radical (unpaired) electrons. The molecule has 0 atom stereocenters. The van der Waals surface area contributed by atoms with E-state index in [0.717, 1.165) is 28.3 Å². The Hall–Kier alpha value is -8.98. The van der Waals surface area contributed by atoms with Gasteiger partial charge >= 0.3 is 0 Å². The van der Waals surface area contributed by atoms with Gasteiger partial charge in [-0.2, -0.15) is 0 Å². The van der Waals surface area contributed by atoms with Gasteiger partial charge in [0.2, 0.25) is 0 Å². The monoisotopic (exact) mass is 864 g/mol. The first-order valence-electron chi connectivity index (χ1n) is 23.4. The molecule has 0 N–H and O–H groups in total. The van der Waals surface area contributed by atoms with Gasteiger partial charge in [-0.15, -0.1) is 0 Å². The normalized spacial score (nSPS) is 11.5. The van der Waals surface area contributed by atoms with Gasteiger partial charge in [-0.1, -0.05) is 200 Å². The molecule has 318 valence electrons. The molecule has 0 saturated heterocycles. The number of fused-ring (bicyclic) bond motifs is 8. The van der Waals surface area contributed by atoms with Crippen molar-refractivity contribution in [2.75, 3.05) is 4.90 Å². The first kappa shape index (κ1) is 39.4. The van der Waals surface area contributed by atoms with Gasteiger partial charge in [0, 0.05) is 33.5 Å². The number of anilines is 3. The molecule has 0 aliphatic heterocycles. The highest BCUT2D eigenvalue weighted by molar-refractivity contribution is 6.25. The Morgan fingerprint density at radius 1 is 0.250 bits per heavy atom. The van der Waals surface area contributed by atoms with Crippen molar-refractivity contribution in [2.45, 2.75) is 0 Å².